The van der Waals surface area contributed by atoms with E-state index < -0.39 is 0 Å². The molecule has 0 radical (unpaired) electrons. The van der Waals surface area contributed by atoms with Crippen molar-refractivity contribution in [2.75, 3.05) is 26.9 Å². The predicted molar refractivity (Wildman–Crippen MR) is 62.1 cm³/mol. The van der Waals surface area contributed by atoms with Crippen molar-refractivity contribution in [2.45, 2.75) is 38.3 Å². The summed E-state index contributed by atoms with van der Waals surface area (Å²) in [6, 6.07) is 0.233. The van der Waals surface area contributed by atoms with Crippen molar-refractivity contribution in [3.05, 3.63) is 12.2 Å². The van der Waals surface area contributed by atoms with Crippen LogP contribution in [0.15, 0.2) is 12.2 Å². The Morgan fingerprint density at radius 3 is 2.53 bits per heavy atom. The lowest BCUT2D eigenvalue weighted by atomic mass is 9.82. The van der Waals surface area contributed by atoms with Gasteiger partial charge in [-0.1, -0.05) is 19.1 Å². The summed E-state index contributed by atoms with van der Waals surface area (Å²) in [6.07, 6.45) is 1.88. The second kappa shape index (κ2) is 5.64. The zero-order valence-corrected chi connectivity index (χ0v) is 10.1. The molecule has 0 aromatic carbocycles. The summed E-state index contributed by atoms with van der Waals surface area (Å²) in [5.41, 5.74) is 1.01. The Bertz CT molecular complexity index is 210. The largest absolute Gasteiger partial charge is 0.381 e. The maximum absolute atomic E-state index is 5.75. The van der Waals surface area contributed by atoms with Crippen LogP contribution in [0.2, 0.25) is 0 Å². The smallest absolute Gasteiger partial charge is 0.0912 e. The summed E-state index contributed by atoms with van der Waals surface area (Å²) < 4.78 is 11.1. The van der Waals surface area contributed by atoms with Gasteiger partial charge in [0.2, 0.25) is 0 Å². The number of ether oxygens (including phenoxy) is 2. The molecule has 0 bridgehead atoms. The zero-order chi connectivity index (χ0) is 11.3. The SMILES string of the molecule is C=C(C)C(NCC)C1(OC)CCOCC1. The van der Waals surface area contributed by atoms with E-state index >= 15 is 0 Å². The maximum atomic E-state index is 5.75. The Hall–Kier alpha value is -0.380. The van der Waals surface area contributed by atoms with Gasteiger partial charge in [0.15, 0.2) is 0 Å². The highest BCUT2D eigenvalue weighted by Gasteiger charge is 2.40. The van der Waals surface area contributed by atoms with Crippen LogP contribution < -0.4 is 5.32 Å². The number of likely N-dealkylation sites (N-methyl/N-ethyl adjacent to an activating group) is 1. The van der Waals surface area contributed by atoms with Crippen molar-refractivity contribution < 1.29 is 9.47 Å². The van der Waals surface area contributed by atoms with Gasteiger partial charge in [0, 0.05) is 33.2 Å². The van der Waals surface area contributed by atoms with Crippen LogP contribution in [-0.4, -0.2) is 38.5 Å². The number of rotatable bonds is 5. The molecular formula is C12H23NO2. The molecule has 3 heteroatoms. The summed E-state index contributed by atoms with van der Waals surface area (Å²) in [5.74, 6) is 0. The molecule has 0 aromatic rings. The standard InChI is InChI=1S/C12H23NO2/c1-5-13-11(10(2)3)12(14-4)6-8-15-9-7-12/h11,13H,2,5-9H2,1,3-4H3. The van der Waals surface area contributed by atoms with E-state index in [0.717, 1.165) is 38.2 Å². The summed E-state index contributed by atoms with van der Waals surface area (Å²) in [7, 11) is 1.79. The third-order valence-corrected chi connectivity index (χ3v) is 3.17. The lowest BCUT2D eigenvalue weighted by Crippen LogP contribution is -2.55. The normalized spacial score (nSPS) is 22.3. The van der Waals surface area contributed by atoms with Crippen LogP contribution >= 0.6 is 0 Å². The molecular weight excluding hydrogens is 190 g/mol. The Morgan fingerprint density at radius 2 is 2.13 bits per heavy atom. The van der Waals surface area contributed by atoms with E-state index in [0.29, 0.717) is 0 Å². The molecule has 88 valence electrons. The van der Waals surface area contributed by atoms with Crippen LogP contribution in [0.1, 0.15) is 26.7 Å². The molecule has 0 saturated carbocycles. The molecule has 1 aliphatic rings. The fourth-order valence-corrected chi connectivity index (χ4v) is 2.34. The Labute approximate surface area is 92.8 Å². The van der Waals surface area contributed by atoms with Gasteiger partial charge in [-0.2, -0.15) is 0 Å². The summed E-state index contributed by atoms with van der Waals surface area (Å²) in [6.45, 7) is 10.7. The van der Waals surface area contributed by atoms with Crippen molar-refractivity contribution >= 4 is 0 Å². The Morgan fingerprint density at radius 1 is 1.53 bits per heavy atom. The van der Waals surface area contributed by atoms with Crippen molar-refractivity contribution in [3.8, 4) is 0 Å². The minimum atomic E-state index is -0.125. The average molecular weight is 213 g/mol. The highest BCUT2D eigenvalue weighted by atomic mass is 16.5. The number of hydrogen-bond donors (Lipinski definition) is 1. The third kappa shape index (κ3) is 2.80. The minimum absolute atomic E-state index is 0.125. The van der Waals surface area contributed by atoms with Crippen molar-refractivity contribution in [2.24, 2.45) is 0 Å². The van der Waals surface area contributed by atoms with Gasteiger partial charge in [-0.15, -0.1) is 0 Å². The fraction of sp³-hybridized carbons (Fsp3) is 0.833. The molecule has 15 heavy (non-hydrogen) atoms. The van der Waals surface area contributed by atoms with Crippen molar-refractivity contribution in [1.29, 1.82) is 0 Å². The van der Waals surface area contributed by atoms with Gasteiger partial charge in [0.1, 0.15) is 0 Å². The van der Waals surface area contributed by atoms with E-state index in [4.69, 9.17) is 9.47 Å². The number of nitrogens with one attached hydrogen (secondary N) is 1. The average Bonchev–Trinajstić information content (AvgIpc) is 2.26. The summed E-state index contributed by atoms with van der Waals surface area (Å²) >= 11 is 0. The van der Waals surface area contributed by atoms with E-state index in [2.05, 4.69) is 25.7 Å². The Balaban J connectivity index is 2.79. The number of hydrogen-bond acceptors (Lipinski definition) is 3. The molecule has 3 nitrogen and oxygen atoms in total. The van der Waals surface area contributed by atoms with Gasteiger partial charge in [0.25, 0.3) is 0 Å². The zero-order valence-electron chi connectivity index (χ0n) is 10.1. The van der Waals surface area contributed by atoms with E-state index in [1.54, 1.807) is 7.11 Å². The highest BCUT2D eigenvalue weighted by Crippen LogP contribution is 2.31. The molecule has 0 amide bonds. The molecule has 1 N–H and O–H groups in total. The van der Waals surface area contributed by atoms with Gasteiger partial charge in [0.05, 0.1) is 11.6 Å². The molecule has 0 aromatic heterocycles. The predicted octanol–water partition coefficient (Wildman–Crippen LogP) is 1.74. The van der Waals surface area contributed by atoms with Gasteiger partial charge < -0.3 is 14.8 Å². The first-order valence-corrected chi connectivity index (χ1v) is 5.68. The van der Waals surface area contributed by atoms with Crippen molar-refractivity contribution in [3.63, 3.8) is 0 Å². The monoisotopic (exact) mass is 213 g/mol. The Kier molecular flexibility index (Phi) is 4.77. The van der Waals surface area contributed by atoms with E-state index in [1.165, 1.54) is 0 Å². The van der Waals surface area contributed by atoms with Crippen LogP contribution in [0.25, 0.3) is 0 Å². The van der Waals surface area contributed by atoms with Gasteiger partial charge in [-0.25, -0.2) is 0 Å². The molecule has 1 fully saturated rings. The number of methoxy groups -OCH3 is 1. The lowest BCUT2D eigenvalue weighted by Gasteiger charge is -2.43. The molecule has 1 unspecified atom stereocenters. The minimum Gasteiger partial charge on any atom is -0.381 e. The molecule has 1 aliphatic heterocycles. The first kappa shape index (κ1) is 12.7. The second-order valence-electron chi connectivity index (χ2n) is 4.22. The van der Waals surface area contributed by atoms with Crippen LogP contribution in [0.3, 0.4) is 0 Å². The second-order valence-corrected chi connectivity index (χ2v) is 4.22. The fourth-order valence-electron chi connectivity index (χ4n) is 2.34. The van der Waals surface area contributed by atoms with Gasteiger partial charge in [-0.05, 0) is 13.5 Å². The molecule has 1 heterocycles. The topological polar surface area (TPSA) is 30.5 Å². The van der Waals surface area contributed by atoms with Crippen molar-refractivity contribution in [1.82, 2.24) is 5.32 Å². The molecule has 1 saturated heterocycles. The molecule has 0 spiro atoms. The summed E-state index contributed by atoms with van der Waals surface area (Å²) in [5, 5.41) is 3.46. The first-order valence-electron chi connectivity index (χ1n) is 5.68. The van der Waals surface area contributed by atoms with Crippen LogP contribution in [-0.2, 0) is 9.47 Å². The summed E-state index contributed by atoms with van der Waals surface area (Å²) in [4.78, 5) is 0. The molecule has 1 rings (SSSR count). The highest BCUT2D eigenvalue weighted by molar-refractivity contribution is 5.12. The van der Waals surface area contributed by atoms with Crippen LogP contribution in [0.5, 0.6) is 0 Å². The first-order chi connectivity index (χ1) is 7.16. The van der Waals surface area contributed by atoms with Crippen LogP contribution in [0, 0.1) is 0 Å². The van der Waals surface area contributed by atoms with E-state index in [1.807, 2.05) is 0 Å². The van der Waals surface area contributed by atoms with E-state index in [9.17, 15) is 0 Å². The molecule has 0 aliphatic carbocycles. The van der Waals surface area contributed by atoms with Gasteiger partial charge >= 0.3 is 0 Å². The third-order valence-electron chi connectivity index (χ3n) is 3.17. The van der Waals surface area contributed by atoms with Crippen LogP contribution in [0.4, 0.5) is 0 Å². The van der Waals surface area contributed by atoms with E-state index in [-0.39, 0.29) is 11.6 Å². The van der Waals surface area contributed by atoms with Gasteiger partial charge in [-0.3, -0.25) is 0 Å². The lowest BCUT2D eigenvalue weighted by molar-refractivity contribution is -0.103. The quantitative estimate of drug-likeness (QED) is 0.706. The maximum Gasteiger partial charge on any atom is 0.0912 e. The molecule has 1 atom stereocenters.